The molecule has 1 nitrogen and oxygen atoms in total. The molecule has 0 aliphatic heterocycles. The molecule has 0 atom stereocenters. The lowest BCUT2D eigenvalue weighted by Crippen LogP contribution is -1.99. The molecule has 0 unspecified atom stereocenters. The Kier molecular flexibility index (Phi) is 6.95. The molecule has 0 aliphatic rings. The van der Waals surface area contributed by atoms with Gasteiger partial charge in [-0.25, -0.2) is 0 Å². The van der Waals surface area contributed by atoms with Crippen LogP contribution in [0.15, 0.2) is 24.3 Å². The largest absolute Gasteiger partial charge is 0.330 e. The molecule has 0 amide bonds. The Morgan fingerprint density at radius 1 is 0.882 bits per heavy atom. The van der Waals surface area contributed by atoms with E-state index in [4.69, 9.17) is 5.73 Å². The quantitative estimate of drug-likeness (QED) is 0.676. The van der Waals surface area contributed by atoms with Crippen LogP contribution in [0.3, 0.4) is 0 Å². The molecule has 0 heterocycles. The molecule has 1 aromatic rings. The van der Waals surface area contributed by atoms with Crippen molar-refractivity contribution < 1.29 is 0 Å². The minimum Gasteiger partial charge on any atom is -0.330 e. The third kappa shape index (κ3) is 6.48. The van der Waals surface area contributed by atoms with Crippen LogP contribution >= 0.6 is 0 Å². The van der Waals surface area contributed by atoms with Gasteiger partial charge in [0, 0.05) is 0 Å². The summed E-state index contributed by atoms with van der Waals surface area (Å²) in [5, 5.41) is 0. The maximum atomic E-state index is 5.50. The van der Waals surface area contributed by atoms with Crippen molar-refractivity contribution in [3.63, 3.8) is 0 Å². The summed E-state index contributed by atoms with van der Waals surface area (Å²) >= 11 is 0. The molecule has 0 saturated carbocycles. The first kappa shape index (κ1) is 14.2. The number of aryl methyl sites for hydroxylation is 2. The van der Waals surface area contributed by atoms with Crippen molar-refractivity contribution in [1.82, 2.24) is 0 Å². The van der Waals surface area contributed by atoms with Gasteiger partial charge in [-0.05, 0) is 55.7 Å². The molecule has 1 heteroatoms. The van der Waals surface area contributed by atoms with E-state index in [-0.39, 0.29) is 0 Å². The summed E-state index contributed by atoms with van der Waals surface area (Å²) in [6.45, 7) is 5.40. The summed E-state index contributed by atoms with van der Waals surface area (Å²) < 4.78 is 0. The molecule has 96 valence electrons. The minimum absolute atomic E-state index is 0.813. The topological polar surface area (TPSA) is 26.0 Å². The zero-order valence-corrected chi connectivity index (χ0v) is 11.4. The smallest absolute Gasteiger partial charge is 0.00772 e. The Labute approximate surface area is 106 Å². The fourth-order valence-electron chi connectivity index (χ4n) is 2.06. The van der Waals surface area contributed by atoms with Crippen molar-refractivity contribution in [3.05, 3.63) is 35.4 Å². The van der Waals surface area contributed by atoms with Crippen LogP contribution in [0.25, 0.3) is 0 Å². The Morgan fingerprint density at radius 2 is 1.41 bits per heavy atom. The highest BCUT2D eigenvalue weighted by atomic mass is 14.5. The van der Waals surface area contributed by atoms with Crippen LogP contribution in [0, 0.1) is 5.92 Å². The normalized spacial score (nSPS) is 11.1. The van der Waals surface area contributed by atoms with E-state index in [2.05, 4.69) is 38.1 Å². The van der Waals surface area contributed by atoms with E-state index in [1.807, 2.05) is 0 Å². The van der Waals surface area contributed by atoms with Gasteiger partial charge in [0.25, 0.3) is 0 Å². The van der Waals surface area contributed by atoms with Gasteiger partial charge in [-0.15, -0.1) is 0 Å². The fraction of sp³-hybridized carbons (Fsp3) is 0.625. The van der Waals surface area contributed by atoms with Crippen LogP contribution in [0.4, 0.5) is 0 Å². The van der Waals surface area contributed by atoms with Crippen molar-refractivity contribution in [2.75, 3.05) is 6.54 Å². The number of unbranched alkanes of at least 4 members (excludes halogenated alkanes) is 1. The number of hydrogen-bond acceptors (Lipinski definition) is 1. The van der Waals surface area contributed by atoms with Gasteiger partial charge in [0.1, 0.15) is 0 Å². The summed E-state index contributed by atoms with van der Waals surface area (Å²) in [6, 6.07) is 9.14. The molecule has 0 saturated heterocycles. The predicted molar refractivity (Wildman–Crippen MR) is 76.2 cm³/mol. The number of rotatable bonds is 8. The number of nitrogens with two attached hydrogens (primary N) is 1. The van der Waals surface area contributed by atoms with Gasteiger partial charge in [0.2, 0.25) is 0 Å². The first-order chi connectivity index (χ1) is 8.22. The van der Waals surface area contributed by atoms with E-state index in [0.717, 1.165) is 18.9 Å². The lowest BCUT2D eigenvalue weighted by molar-refractivity contribution is 0.556. The van der Waals surface area contributed by atoms with Crippen molar-refractivity contribution in [2.45, 2.75) is 52.4 Å². The molecule has 0 fully saturated rings. The average Bonchev–Trinajstić information content (AvgIpc) is 2.31. The summed E-state index contributed by atoms with van der Waals surface area (Å²) in [7, 11) is 0. The summed E-state index contributed by atoms with van der Waals surface area (Å²) in [5.74, 6) is 0.825. The van der Waals surface area contributed by atoms with Crippen LogP contribution in [-0.2, 0) is 12.8 Å². The van der Waals surface area contributed by atoms with Gasteiger partial charge in [0.05, 0.1) is 0 Å². The maximum Gasteiger partial charge on any atom is -0.00772 e. The third-order valence-electron chi connectivity index (χ3n) is 3.19. The Hall–Kier alpha value is -0.820. The van der Waals surface area contributed by atoms with Gasteiger partial charge in [-0.1, -0.05) is 44.5 Å². The van der Waals surface area contributed by atoms with Crippen LogP contribution in [0.5, 0.6) is 0 Å². The van der Waals surface area contributed by atoms with Crippen LogP contribution < -0.4 is 5.73 Å². The molecule has 0 bridgehead atoms. The molecule has 2 N–H and O–H groups in total. The molecular weight excluding hydrogens is 206 g/mol. The van der Waals surface area contributed by atoms with Gasteiger partial charge < -0.3 is 5.73 Å². The van der Waals surface area contributed by atoms with E-state index in [9.17, 15) is 0 Å². The molecule has 1 aromatic carbocycles. The monoisotopic (exact) mass is 233 g/mol. The van der Waals surface area contributed by atoms with E-state index in [1.165, 1.54) is 43.2 Å². The van der Waals surface area contributed by atoms with Crippen molar-refractivity contribution in [1.29, 1.82) is 0 Å². The van der Waals surface area contributed by atoms with Crippen LogP contribution in [-0.4, -0.2) is 6.54 Å². The summed E-state index contributed by atoms with van der Waals surface area (Å²) in [4.78, 5) is 0. The van der Waals surface area contributed by atoms with Crippen LogP contribution in [0.1, 0.15) is 50.7 Å². The lowest BCUT2D eigenvalue weighted by Gasteiger charge is -2.06. The first-order valence-electron chi connectivity index (χ1n) is 7.00. The van der Waals surface area contributed by atoms with Crippen LogP contribution in [0.2, 0.25) is 0 Å². The number of hydrogen-bond donors (Lipinski definition) is 1. The molecule has 0 aromatic heterocycles. The fourth-order valence-corrected chi connectivity index (χ4v) is 2.06. The Balaban J connectivity index is 2.29. The van der Waals surface area contributed by atoms with Crippen molar-refractivity contribution >= 4 is 0 Å². The molecule has 0 aliphatic carbocycles. The first-order valence-corrected chi connectivity index (χ1v) is 7.00. The predicted octanol–water partition coefficient (Wildman–Crippen LogP) is 3.95. The molecule has 0 spiro atoms. The van der Waals surface area contributed by atoms with E-state index in [1.54, 1.807) is 0 Å². The minimum atomic E-state index is 0.813. The molecule has 0 radical (unpaired) electrons. The maximum absolute atomic E-state index is 5.50. The summed E-state index contributed by atoms with van der Waals surface area (Å²) in [6.07, 6.45) is 7.38. The van der Waals surface area contributed by atoms with Crippen molar-refractivity contribution in [3.8, 4) is 0 Å². The van der Waals surface area contributed by atoms with E-state index >= 15 is 0 Å². The Morgan fingerprint density at radius 3 is 1.88 bits per heavy atom. The van der Waals surface area contributed by atoms with Gasteiger partial charge in [0.15, 0.2) is 0 Å². The highest BCUT2D eigenvalue weighted by Gasteiger charge is 1.97. The highest BCUT2D eigenvalue weighted by Crippen LogP contribution is 2.12. The lowest BCUT2D eigenvalue weighted by atomic mass is 10.0. The second-order valence-corrected chi connectivity index (χ2v) is 5.35. The molecular formula is C16H27N. The zero-order chi connectivity index (χ0) is 12.5. The van der Waals surface area contributed by atoms with E-state index in [0.29, 0.717) is 0 Å². The van der Waals surface area contributed by atoms with Gasteiger partial charge in [-0.3, -0.25) is 0 Å². The third-order valence-corrected chi connectivity index (χ3v) is 3.19. The zero-order valence-electron chi connectivity index (χ0n) is 11.4. The van der Waals surface area contributed by atoms with Crippen molar-refractivity contribution in [2.24, 2.45) is 11.7 Å². The van der Waals surface area contributed by atoms with E-state index < -0.39 is 0 Å². The van der Waals surface area contributed by atoms with Gasteiger partial charge in [-0.2, -0.15) is 0 Å². The van der Waals surface area contributed by atoms with Gasteiger partial charge >= 0.3 is 0 Å². The Bertz CT molecular complexity index is 287. The molecule has 17 heavy (non-hydrogen) atoms. The standard InChI is InChI=1S/C16H27N/c1-14(2)6-5-8-16-11-9-15(10-12-16)7-3-4-13-17/h9-12,14H,3-8,13,17H2,1-2H3. The average molecular weight is 233 g/mol. The highest BCUT2D eigenvalue weighted by molar-refractivity contribution is 5.22. The SMILES string of the molecule is CC(C)CCCc1ccc(CCCCN)cc1. The number of benzene rings is 1. The molecule has 1 rings (SSSR count). The summed E-state index contributed by atoms with van der Waals surface area (Å²) in [5.41, 5.74) is 8.43. The second kappa shape index (κ2) is 8.30. The second-order valence-electron chi connectivity index (χ2n) is 5.35.